The number of hydrogen-bond acceptors (Lipinski definition) is 6. The van der Waals surface area contributed by atoms with E-state index < -0.39 is 0 Å². The molecule has 1 fully saturated rings. The van der Waals surface area contributed by atoms with Gasteiger partial charge in [-0.3, -0.25) is 9.69 Å². The lowest BCUT2D eigenvalue weighted by Crippen LogP contribution is -2.44. The van der Waals surface area contributed by atoms with Gasteiger partial charge in [0.05, 0.1) is 19.7 Å². The highest BCUT2D eigenvalue weighted by molar-refractivity contribution is 7.09. The fraction of sp³-hybridized carbons (Fsp3) is 0.412. The number of amides is 1. The van der Waals surface area contributed by atoms with Crippen molar-refractivity contribution in [2.24, 2.45) is 0 Å². The average Bonchev–Trinajstić information content (AvgIpc) is 3.15. The van der Waals surface area contributed by atoms with E-state index in [-0.39, 0.29) is 12.0 Å². The molecule has 24 heavy (non-hydrogen) atoms. The highest BCUT2D eigenvalue weighted by Crippen LogP contribution is 2.23. The Morgan fingerprint density at radius 2 is 2.29 bits per heavy atom. The molecule has 0 saturated carbocycles. The third kappa shape index (κ3) is 5.02. The number of para-hydroxylation sites is 1. The van der Waals surface area contributed by atoms with Gasteiger partial charge in [-0.15, -0.1) is 11.3 Å². The Balaban J connectivity index is 1.35. The summed E-state index contributed by atoms with van der Waals surface area (Å²) in [5.74, 6) is 0.817. The first-order chi connectivity index (χ1) is 11.8. The Bertz CT molecular complexity index is 621. The zero-order chi connectivity index (χ0) is 16.6. The van der Waals surface area contributed by atoms with Crippen LogP contribution in [0.25, 0.3) is 0 Å². The molecule has 0 radical (unpaired) electrons. The van der Waals surface area contributed by atoms with E-state index in [9.17, 15) is 4.79 Å². The van der Waals surface area contributed by atoms with Crippen LogP contribution in [0.5, 0.6) is 5.75 Å². The molecule has 6 nitrogen and oxygen atoms in total. The molecule has 1 aliphatic rings. The smallest absolute Gasteiger partial charge is 0.234 e. The zero-order valence-corrected chi connectivity index (χ0v) is 14.2. The van der Waals surface area contributed by atoms with Crippen LogP contribution >= 0.6 is 11.3 Å². The van der Waals surface area contributed by atoms with E-state index in [2.05, 4.69) is 15.2 Å². The van der Waals surface area contributed by atoms with Gasteiger partial charge in [0, 0.05) is 24.7 Å². The molecule has 2 aromatic rings. The van der Waals surface area contributed by atoms with Crippen LogP contribution in [0, 0.1) is 0 Å². The SMILES string of the molecule is O=C(CN1CCOC(c2nccs2)C1)NCCOc1ccccc1. The van der Waals surface area contributed by atoms with Gasteiger partial charge in [-0.25, -0.2) is 4.98 Å². The predicted octanol–water partition coefficient (Wildman–Crippen LogP) is 1.71. The third-order valence-electron chi connectivity index (χ3n) is 3.68. The van der Waals surface area contributed by atoms with Crippen molar-refractivity contribution >= 4 is 17.2 Å². The third-order valence-corrected chi connectivity index (χ3v) is 4.55. The van der Waals surface area contributed by atoms with Gasteiger partial charge in [0.2, 0.25) is 5.91 Å². The fourth-order valence-electron chi connectivity index (χ4n) is 2.52. The van der Waals surface area contributed by atoms with E-state index in [4.69, 9.17) is 9.47 Å². The van der Waals surface area contributed by atoms with E-state index >= 15 is 0 Å². The van der Waals surface area contributed by atoms with Gasteiger partial charge < -0.3 is 14.8 Å². The molecule has 0 aliphatic carbocycles. The van der Waals surface area contributed by atoms with Crippen LogP contribution in [0.2, 0.25) is 0 Å². The van der Waals surface area contributed by atoms with Crippen LogP contribution in [0.3, 0.4) is 0 Å². The molecule has 1 aromatic heterocycles. The summed E-state index contributed by atoms with van der Waals surface area (Å²) in [7, 11) is 0. The lowest BCUT2D eigenvalue weighted by atomic mass is 10.3. The first kappa shape index (κ1) is 16.9. The van der Waals surface area contributed by atoms with Gasteiger partial charge in [-0.2, -0.15) is 0 Å². The summed E-state index contributed by atoms with van der Waals surface area (Å²) in [6, 6.07) is 9.58. The maximum atomic E-state index is 12.1. The minimum atomic E-state index is -0.0343. The number of carbonyl (C=O) groups excluding carboxylic acids is 1. The maximum absolute atomic E-state index is 12.1. The molecular weight excluding hydrogens is 326 g/mol. The zero-order valence-electron chi connectivity index (χ0n) is 13.4. The molecule has 0 spiro atoms. The van der Waals surface area contributed by atoms with E-state index in [0.29, 0.717) is 32.8 Å². The lowest BCUT2D eigenvalue weighted by molar-refractivity contribution is -0.124. The number of hydrogen-bond donors (Lipinski definition) is 1. The normalized spacial score (nSPS) is 18.2. The van der Waals surface area contributed by atoms with E-state index in [1.165, 1.54) is 0 Å². The molecule has 2 heterocycles. The van der Waals surface area contributed by atoms with Gasteiger partial charge in [0.1, 0.15) is 23.5 Å². The molecule has 0 bridgehead atoms. The summed E-state index contributed by atoms with van der Waals surface area (Å²) < 4.78 is 11.3. The van der Waals surface area contributed by atoms with Crippen LogP contribution < -0.4 is 10.1 Å². The van der Waals surface area contributed by atoms with Crippen molar-refractivity contribution in [3.63, 3.8) is 0 Å². The summed E-state index contributed by atoms with van der Waals surface area (Å²) in [5, 5.41) is 5.80. The van der Waals surface area contributed by atoms with Crippen molar-refractivity contribution in [1.29, 1.82) is 0 Å². The Hall–Kier alpha value is -1.96. The van der Waals surface area contributed by atoms with Crippen LogP contribution in [0.15, 0.2) is 41.9 Å². The molecule has 1 aliphatic heterocycles. The second kappa shape index (κ2) is 8.77. The van der Waals surface area contributed by atoms with Crippen molar-refractivity contribution in [1.82, 2.24) is 15.2 Å². The standard InChI is InChI=1S/C17H21N3O3S/c21-16(18-6-9-22-14-4-2-1-3-5-14)13-20-8-10-23-15(12-20)17-19-7-11-24-17/h1-5,7,11,15H,6,8-10,12-13H2,(H,18,21). The highest BCUT2D eigenvalue weighted by atomic mass is 32.1. The predicted molar refractivity (Wildman–Crippen MR) is 92.2 cm³/mol. The average molecular weight is 347 g/mol. The van der Waals surface area contributed by atoms with Gasteiger partial charge in [0.15, 0.2) is 0 Å². The minimum Gasteiger partial charge on any atom is -0.492 e. The molecule has 1 amide bonds. The van der Waals surface area contributed by atoms with Crippen LogP contribution in [-0.4, -0.2) is 55.2 Å². The molecule has 1 atom stereocenters. The number of benzene rings is 1. The minimum absolute atomic E-state index is 0.00597. The van der Waals surface area contributed by atoms with Crippen LogP contribution in [-0.2, 0) is 9.53 Å². The summed E-state index contributed by atoms with van der Waals surface area (Å²) in [5.41, 5.74) is 0. The number of rotatable bonds is 7. The molecule has 1 unspecified atom stereocenters. The van der Waals surface area contributed by atoms with Gasteiger partial charge in [-0.1, -0.05) is 18.2 Å². The molecule has 1 saturated heterocycles. The second-order valence-corrected chi connectivity index (χ2v) is 6.40. The number of aromatic nitrogens is 1. The van der Waals surface area contributed by atoms with E-state index in [0.717, 1.165) is 17.3 Å². The molecule has 1 aromatic carbocycles. The van der Waals surface area contributed by atoms with Crippen molar-refractivity contribution in [2.45, 2.75) is 6.10 Å². The number of thiazole rings is 1. The Morgan fingerprint density at radius 1 is 1.42 bits per heavy atom. The summed E-state index contributed by atoms with van der Waals surface area (Å²) in [6.07, 6.45) is 1.75. The Morgan fingerprint density at radius 3 is 3.08 bits per heavy atom. The highest BCUT2D eigenvalue weighted by Gasteiger charge is 2.24. The topological polar surface area (TPSA) is 63.7 Å². The van der Waals surface area contributed by atoms with Crippen molar-refractivity contribution in [2.75, 3.05) is 39.4 Å². The maximum Gasteiger partial charge on any atom is 0.234 e. The first-order valence-corrected chi connectivity index (χ1v) is 8.87. The molecular formula is C17H21N3O3S. The van der Waals surface area contributed by atoms with E-state index in [1.54, 1.807) is 17.5 Å². The molecule has 1 N–H and O–H groups in total. The first-order valence-electron chi connectivity index (χ1n) is 7.99. The van der Waals surface area contributed by atoms with Crippen LogP contribution in [0.4, 0.5) is 0 Å². The van der Waals surface area contributed by atoms with Crippen molar-refractivity contribution in [3.8, 4) is 5.75 Å². The van der Waals surface area contributed by atoms with Crippen molar-refractivity contribution < 1.29 is 14.3 Å². The van der Waals surface area contributed by atoms with E-state index in [1.807, 2.05) is 35.7 Å². The van der Waals surface area contributed by atoms with Gasteiger partial charge in [-0.05, 0) is 12.1 Å². The van der Waals surface area contributed by atoms with Gasteiger partial charge in [0.25, 0.3) is 0 Å². The van der Waals surface area contributed by atoms with Crippen LogP contribution in [0.1, 0.15) is 11.1 Å². The number of nitrogens with zero attached hydrogens (tertiary/aromatic N) is 2. The number of morpholine rings is 1. The Labute approximate surface area is 145 Å². The molecule has 7 heteroatoms. The largest absolute Gasteiger partial charge is 0.492 e. The lowest BCUT2D eigenvalue weighted by Gasteiger charge is -2.31. The summed E-state index contributed by atoms with van der Waals surface area (Å²) in [4.78, 5) is 18.4. The Kier molecular flexibility index (Phi) is 6.17. The summed E-state index contributed by atoms with van der Waals surface area (Å²) in [6.45, 7) is 3.40. The number of ether oxygens (including phenoxy) is 2. The molecule has 128 valence electrons. The molecule has 3 rings (SSSR count). The number of carbonyl (C=O) groups is 1. The second-order valence-electron chi connectivity index (χ2n) is 5.48. The quantitative estimate of drug-likeness (QED) is 0.773. The fourth-order valence-corrected chi connectivity index (χ4v) is 3.20. The van der Waals surface area contributed by atoms with Gasteiger partial charge >= 0.3 is 0 Å². The summed E-state index contributed by atoms with van der Waals surface area (Å²) >= 11 is 1.59. The monoisotopic (exact) mass is 347 g/mol. The number of nitrogens with one attached hydrogen (secondary N) is 1. The van der Waals surface area contributed by atoms with Crippen molar-refractivity contribution in [3.05, 3.63) is 46.9 Å².